The van der Waals surface area contributed by atoms with E-state index in [2.05, 4.69) is 24.5 Å². The zero-order valence-corrected chi connectivity index (χ0v) is 10.1. The summed E-state index contributed by atoms with van der Waals surface area (Å²) in [5.74, 6) is 0.0676. The van der Waals surface area contributed by atoms with Crippen LogP contribution in [0.3, 0.4) is 0 Å². The van der Waals surface area contributed by atoms with Crippen molar-refractivity contribution in [1.29, 1.82) is 0 Å². The van der Waals surface area contributed by atoms with Gasteiger partial charge in [-0.15, -0.1) is 0 Å². The number of amides is 1. The van der Waals surface area contributed by atoms with Gasteiger partial charge < -0.3 is 15.4 Å². The number of carbonyl (C=O) groups is 1. The van der Waals surface area contributed by atoms with Crippen LogP contribution in [0.2, 0.25) is 0 Å². The second-order valence-electron chi connectivity index (χ2n) is 3.64. The van der Waals surface area contributed by atoms with E-state index >= 15 is 0 Å². The van der Waals surface area contributed by atoms with Crippen LogP contribution < -0.4 is 10.6 Å². The number of ether oxygens (including phenoxy) is 1. The van der Waals surface area contributed by atoms with Gasteiger partial charge in [0.05, 0.1) is 13.2 Å². The average Bonchev–Trinajstić information content (AvgIpc) is 2.24. The molecule has 0 bridgehead atoms. The quantitative estimate of drug-likeness (QED) is 0.563. The molecule has 1 atom stereocenters. The van der Waals surface area contributed by atoms with Crippen molar-refractivity contribution in [2.75, 3.05) is 26.8 Å². The molecule has 2 N–H and O–H groups in total. The van der Waals surface area contributed by atoms with E-state index in [4.69, 9.17) is 4.74 Å². The van der Waals surface area contributed by atoms with Gasteiger partial charge in [0.1, 0.15) is 0 Å². The molecule has 0 aliphatic heterocycles. The van der Waals surface area contributed by atoms with Crippen LogP contribution >= 0.6 is 0 Å². The minimum absolute atomic E-state index is 0.0676. The largest absolute Gasteiger partial charge is 0.383 e. The zero-order chi connectivity index (χ0) is 11.5. The maximum Gasteiger partial charge on any atom is 0.233 e. The predicted molar refractivity (Wildman–Crippen MR) is 61.9 cm³/mol. The van der Waals surface area contributed by atoms with E-state index < -0.39 is 0 Å². The van der Waals surface area contributed by atoms with Crippen LogP contribution in [0.25, 0.3) is 0 Å². The summed E-state index contributed by atoms with van der Waals surface area (Å²) in [6, 6.07) is 0.270. The molecule has 0 radical (unpaired) electrons. The highest BCUT2D eigenvalue weighted by atomic mass is 16.5. The minimum atomic E-state index is 0.0676. The fourth-order valence-corrected chi connectivity index (χ4v) is 1.23. The highest BCUT2D eigenvalue weighted by Crippen LogP contribution is 1.90. The van der Waals surface area contributed by atoms with Gasteiger partial charge in [-0.2, -0.15) is 0 Å². The fourth-order valence-electron chi connectivity index (χ4n) is 1.23. The second-order valence-corrected chi connectivity index (χ2v) is 3.64. The lowest BCUT2D eigenvalue weighted by molar-refractivity contribution is -0.120. The molecular weight excluding hydrogens is 192 g/mol. The Hall–Kier alpha value is -0.610. The Morgan fingerprint density at radius 2 is 2.13 bits per heavy atom. The van der Waals surface area contributed by atoms with Gasteiger partial charge >= 0.3 is 0 Å². The number of rotatable bonds is 9. The number of methoxy groups -OCH3 is 1. The lowest BCUT2D eigenvalue weighted by atomic mass is 10.2. The van der Waals surface area contributed by atoms with Crippen molar-refractivity contribution < 1.29 is 9.53 Å². The third-order valence-electron chi connectivity index (χ3n) is 2.26. The molecule has 4 heteroatoms. The van der Waals surface area contributed by atoms with Crippen LogP contribution in [-0.2, 0) is 9.53 Å². The molecule has 1 amide bonds. The van der Waals surface area contributed by atoms with Gasteiger partial charge in [0.25, 0.3) is 0 Å². The van der Waals surface area contributed by atoms with Crippen LogP contribution in [-0.4, -0.2) is 38.8 Å². The van der Waals surface area contributed by atoms with Crippen molar-refractivity contribution in [3.8, 4) is 0 Å². The Morgan fingerprint density at radius 3 is 2.67 bits per heavy atom. The lowest BCUT2D eigenvalue weighted by Gasteiger charge is -2.15. The van der Waals surface area contributed by atoms with Gasteiger partial charge in [-0.05, 0) is 12.8 Å². The zero-order valence-electron chi connectivity index (χ0n) is 10.1. The lowest BCUT2D eigenvalue weighted by Crippen LogP contribution is -2.41. The van der Waals surface area contributed by atoms with Gasteiger partial charge in [0, 0.05) is 19.7 Å². The molecule has 1 unspecified atom stereocenters. The Morgan fingerprint density at radius 1 is 1.40 bits per heavy atom. The van der Waals surface area contributed by atoms with E-state index in [-0.39, 0.29) is 11.9 Å². The maximum absolute atomic E-state index is 11.3. The molecule has 0 rings (SSSR count). The maximum atomic E-state index is 11.3. The third kappa shape index (κ3) is 8.39. The number of hydrogen-bond acceptors (Lipinski definition) is 3. The molecule has 0 aromatic carbocycles. The van der Waals surface area contributed by atoms with E-state index in [0.29, 0.717) is 13.2 Å². The van der Waals surface area contributed by atoms with Crippen molar-refractivity contribution >= 4 is 5.91 Å². The first-order valence-electron chi connectivity index (χ1n) is 5.73. The SMILES string of the molecule is CCCCNC(=O)CNC(CC)COC. The molecule has 0 aromatic heterocycles. The van der Waals surface area contributed by atoms with Crippen molar-refractivity contribution in [3.05, 3.63) is 0 Å². The highest BCUT2D eigenvalue weighted by molar-refractivity contribution is 5.77. The van der Waals surface area contributed by atoms with Crippen molar-refractivity contribution in [2.45, 2.75) is 39.2 Å². The highest BCUT2D eigenvalue weighted by Gasteiger charge is 2.07. The van der Waals surface area contributed by atoms with Gasteiger partial charge in [-0.25, -0.2) is 0 Å². The van der Waals surface area contributed by atoms with Crippen LogP contribution in [0, 0.1) is 0 Å². The van der Waals surface area contributed by atoms with E-state index in [9.17, 15) is 4.79 Å². The van der Waals surface area contributed by atoms with Crippen molar-refractivity contribution in [2.24, 2.45) is 0 Å². The molecule has 0 aliphatic rings. The van der Waals surface area contributed by atoms with E-state index in [0.717, 1.165) is 25.8 Å². The first-order chi connectivity index (χ1) is 7.24. The van der Waals surface area contributed by atoms with Gasteiger partial charge in [0.15, 0.2) is 0 Å². The van der Waals surface area contributed by atoms with Crippen LogP contribution in [0.1, 0.15) is 33.1 Å². The summed E-state index contributed by atoms with van der Waals surface area (Å²) < 4.78 is 5.03. The van der Waals surface area contributed by atoms with Crippen LogP contribution in [0.15, 0.2) is 0 Å². The topological polar surface area (TPSA) is 50.4 Å². The normalized spacial score (nSPS) is 12.5. The molecule has 0 aliphatic carbocycles. The van der Waals surface area contributed by atoms with Gasteiger partial charge in [0.2, 0.25) is 5.91 Å². The average molecular weight is 216 g/mol. The number of nitrogens with one attached hydrogen (secondary N) is 2. The van der Waals surface area contributed by atoms with E-state index in [1.54, 1.807) is 7.11 Å². The molecule has 0 saturated heterocycles. The summed E-state index contributed by atoms with van der Waals surface area (Å²) in [6.45, 7) is 5.99. The standard InChI is InChI=1S/C11H24N2O2/c1-4-6-7-12-11(14)8-13-10(5-2)9-15-3/h10,13H,4-9H2,1-3H3,(H,12,14). The molecule has 15 heavy (non-hydrogen) atoms. The third-order valence-corrected chi connectivity index (χ3v) is 2.26. The molecule has 0 saturated carbocycles. The summed E-state index contributed by atoms with van der Waals surface area (Å²) in [5, 5.41) is 6.02. The predicted octanol–water partition coefficient (Wildman–Crippen LogP) is 0.917. The van der Waals surface area contributed by atoms with E-state index in [1.165, 1.54) is 0 Å². The minimum Gasteiger partial charge on any atom is -0.383 e. The smallest absolute Gasteiger partial charge is 0.233 e. The number of carbonyl (C=O) groups excluding carboxylic acids is 1. The Labute approximate surface area is 92.8 Å². The first-order valence-corrected chi connectivity index (χ1v) is 5.73. The van der Waals surface area contributed by atoms with Gasteiger partial charge in [-0.3, -0.25) is 4.79 Å². The van der Waals surface area contributed by atoms with Crippen molar-refractivity contribution in [1.82, 2.24) is 10.6 Å². The number of unbranched alkanes of at least 4 members (excludes halogenated alkanes) is 1. The van der Waals surface area contributed by atoms with Crippen LogP contribution in [0.4, 0.5) is 0 Å². The van der Waals surface area contributed by atoms with Crippen LogP contribution in [0.5, 0.6) is 0 Å². The van der Waals surface area contributed by atoms with Crippen molar-refractivity contribution in [3.63, 3.8) is 0 Å². The summed E-state index contributed by atoms with van der Waals surface area (Å²) in [7, 11) is 1.67. The molecule has 0 aromatic rings. The summed E-state index contributed by atoms with van der Waals surface area (Å²) in [5.41, 5.74) is 0. The molecular formula is C11H24N2O2. The monoisotopic (exact) mass is 216 g/mol. The molecule has 0 heterocycles. The van der Waals surface area contributed by atoms with E-state index in [1.807, 2.05) is 0 Å². The Bertz CT molecular complexity index is 163. The first kappa shape index (κ1) is 14.4. The molecule has 90 valence electrons. The molecule has 4 nitrogen and oxygen atoms in total. The Kier molecular flexibility index (Phi) is 9.52. The summed E-state index contributed by atoms with van der Waals surface area (Å²) in [4.78, 5) is 11.3. The molecule has 0 spiro atoms. The fraction of sp³-hybridized carbons (Fsp3) is 0.909. The molecule has 0 fully saturated rings. The number of hydrogen-bond donors (Lipinski definition) is 2. The van der Waals surface area contributed by atoms with Gasteiger partial charge in [-0.1, -0.05) is 20.3 Å². The second kappa shape index (κ2) is 9.93. The summed E-state index contributed by atoms with van der Waals surface area (Å²) >= 11 is 0. The Balaban J connectivity index is 3.50. The summed E-state index contributed by atoms with van der Waals surface area (Å²) in [6.07, 6.45) is 3.12.